The number of nitrogens with one attached hydrogen (secondary N) is 1. The molecule has 2 atom stereocenters. The van der Waals surface area contributed by atoms with E-state index < -0.39 is 17.9 Å². The lowest BCUT2D eigenvalue weighted by Crippen LogP contribution is -2.33. The Morgan fingerprint density at radius 3 is 2.62 bits per heavy atom. The number of carbonyl (C=O) groups is 2. The molecule has 6 nitrogen and oxygen atoms in total. The number of aliphatic carboxylic acids is 1. The molecule has 1 aliphatic heterocycles. The van der Waals surface area contributed by atoms with Gasteiger partial charge in [0.2, 0.25) is 0 Å². The van der Waals surface area contributed by atoms with Crippen molar-refractivity contribution in [1.82, 2.24) is 5.32 Å². The Hall–Kier alpha value is -2.86. The molecule has 0 aromatic heterocycles. The summed E-state index contributed by atoms with van der Waals surface area (Å²) in [5, 5.41) is 12.1. The van der Waals surface area contributed by atoms with Crippen LogP contribution in [0.1, 0.15) is 39.9 Å². The first-order valence-electron chi connectivity index (χ1n) is 8.44. The van der Waals surface area contributed by atoms with Gasteiger partial charge in [-0.2, -0.15) is 0 Å². The van der Waals surface area contributed by atoms with Gasteiger partial charge in [-0.05, 0) is 41.8 Å². The van der Waals surface area contributed by atoms with Gasteiger partial charge in [-0.15, -0.1) is 0 Å². The Morgan fingerprint density at radius 1 is 1.23 bits per heavy atom. The van der Waals surface area contributed by atoms with E-state index in [9.17, 15) is 14.7 Å². The predicted molar refractivity (Wildman–Crippen MR) is 95.5 cm³/mol. The molecule has 1 saturated heterocycles. The van der Waals surface area contributed by atoms with Crippen LogP contribution in [0.4, 0.5) is 0 Å². The number of hydrogen-bond acceptors (Lipinski definition) is 4. The molecule has 3 rings (SSSR count). The summed E-state index contributed by atoms with van der Waals surface area (Å²) >= 11 is 0. The van der Waals surface area contributed by atoms with E-state index in [4.69, 9.17) is 9.47 Å². The minimum absolute atomic E-state index is 0.277. The Kier molecular flexibility index (Phi) is 5.53. The van der Waals surface area contributed by atoms with E-state index in [0.717, 1.165) is 18.6 Å². The van der Waals surface area contributed by atoms with Crippen LogP contribution in [-0.2, 0) is 9.53 Å². The molecule has 1 amide bonds. The molecule has 0 saturated carbocycles. The van der Waals surface area contributed by atoms with Gasteiger partial charge < -0.3 is 19.9 Å². The molecule has 1 heterocycles. The lowest BCUT2D eigenvalue weighted by molar-refractivity contribution is -0.139. The predicted octanol–water partition coefficient (Wildman–Crippen LogP) is 2.75. The Balaban J connectivity index is 1.77. The van der Waals surface area contributed by atoms with Gasteiger partial charge >= 0.3 is 5.97 Å². The Labute approximate surface area is 151 Å². The molecule has 6 heteroatoms. The summed E-state index contributed by atoms with van der Waals surface area (Å²) < 4.78 is 10.5. The molecule has 2 unspecified atom stereocenters. The van der Waals surface area contributed by atoms with Crippen molar-refractivity contribution in [3.8, 4) is 5.75 Å². The summed E-state index contributed by atoms with van der Waals surface area (Å²) in [6.07, 6.45) is 0.925. The molecule has 2 aromatic rings. The second-order valence-corrected chi connectivity index (χ2v) is 6.20. The van der Waals surface area contributed by atoms with E-state index in [1.807, 2.05) is 18.2 Å². The molecule has 136 valence electrons. The van der Waals surface area contributed by atoms with Crippen molar-refractivity contribution in [2.45, 2.75) is 18.4 Å². The first-order chi connectivity index (χ1) is 12.6. The van der Waals surface area contributed by atoms with Crippen molar-refractivity contribution in [2.24, 2.45) is 0 Å². The van der Waals surface area contributed by atoms with Crippen LogP contribution in [0.5, 0.6) is 5.75 Å². The number of methoxy groups -OCH3 is 1. The van der Waals surface area contributed by atoms with Crippen LogP contribution in [0.2, 0.25) is 0 Å². The van der Waals surface area contributed by atoms with Crippen LogP contribution >= 0.6 is 0 Å². The number of rotatable bonds is 6. The zero-order chi connectivity index (χ0) is 18.5. The van der Waals surface area contributed by atoms with Gasteiger partial charge in [0.1, 0.15) is 5.75 Å². The highest BCUT2D eigenvalue weighted by atomic mass is 16.5. The van der Waals surface area contributed by atoms with Crippen molar-refractivity contribution >= 4 is 11.9 Å². The van der Waals surface area contributed by atoms with Gasteiger partial charge in [0.05, 0.1) is 13.7 Å². The smallest absolute Gasteiger partial charge is 0.330 e. The normalized spacial score (nSPS) is 17.5. The number of amides is 1. The average Bonchev–Trinajstić information content (AvgIpc) is 3.21. The number of carboxylic acids is 1. The monoisotopic (exact) mass is 355 g/mol. The van der Waals surface area contributed by atoms with Crippen LogP contribution in [0.3, 0.4) is 0 Å². The fraction of sp³-hybridized carbons (Fsp3) is 0.300. The summed E-state index contributed by atoms with van der Waals surface area (Å²) in [7, 11) is 1.54. The van der Waals surface area contributed by atoms with Crippen molar-refractivity contribution in [2.75, 3.05) is 20.3 Å². The molecule has 2 N–H and O–H groups in total. The third-order valence-corrected chi connectivity index (χ3v) is 4.52. The van der Waals surface area contributed by atoms with Crippen LogP contribution in [0.25, 0.3) is 0 Å². The number of carboxylic acid groups (broad SMARTS) is 1. The number of benzene rings is 2. The van der Waals surface area contributed by atoms with E-state index in [-0.39, 0.29) is 5.92 Å². The largest absolute Gasteiger partial charge is 0.497 e. The van der Waals surface area contributed by atoms with E-state index in [1.54, 1.807) is 30.3 Å². The molecular weight excluding hydrogens is 334 g/mol. The zero-order valence-electron chi connectivity index (χ0n) is 14.5. The average molecular weight is 355 g/mol. The number of carbonyl (C=O) groups excluding carboxylic acids is 1. The zero-order valence-corrected chi connectivity index (χ0v) is 14.5. The summed E-state index contributed by atoms with van der Waals surface area (Å²) in [5.74, 6) is -0.645. The molecule has 2 aromatic carbocycles. The summed E-state index contributed by atoms with van der Waals surface area (Å²) in [6, 6.07) is 12.7. The molecule has 0 radical (unpaired) electrons. The van der Waals surface area contributed by atoms with E-state index in [2.05, 4.69) is 5.32 Å². The fourth-order valence-corrected chi connectivity index (χ4v) is 3.03. The van der Waals surface area contributed by atoms with Crippen molar-refractivity contribution < 1.29 is 24.2 Å². The van der Waals surface area contributed by atoms with Gasteiger partial charge in [0, 0.05) is 18.1 Å². The van der Waals surface area contributed by atoms with Crippen LogP contribution < -0.4 is 10.1 Å². The number of hydrogen-bond donors (Lipinski definition) is 2. The van der Waals surface area contributed by atoms with Gasteiger partial charge in [-0.3, -0.25) is 4.79 Å². The second kappa shape index (κ2) is 8.01. The maximum Gasteiger partial charge on any atom is 0.330 e. The third-order valence-electron chi connectivity index (χ3n) is 4.52. The molecule has 1 aliphatic rings. The molecule has 0 spiro atoms. The van der Waals surface area contributed by atoms with Gasteiger partial charge in [-0.25, -0.2) is 4.79 Å². The highest BCUT2D eigenvalue weighted by Crippen LogP contribution is 2.26. The Morgan fingerprint density at radius 2 is 2.00 bits per heavy atom. The molecular formula is C20H21NO5. The van der Waals surface area contributed by atoms with Gasteiger partial charge in [0.25, 0.3) is 5.91 Å². The van der Waals surface area contributed by atoms with Gasteiger partial charge in [-0.1, -0.05) is 24.3 Å². The maximum atomic E-state index is 12.6. The molecule has 0 aliphatic carbocycles. The van der Waals surface area contributed by atoms with Crippen molar-refractivity contribution in [3.63, 3.8) is 0 Å². The SMILES string of the molecule is COc1ccc(C(NC(=O)c2cccc(C3CCOC3)c2)C(=O)O)cc1. The molecule has 26 heavy (non-hydrogen) atoms. The first-order valence-corrected chi connectivity index (χ1v) is 8.44. The first kappa shape index (κ1) is 17.9. The second-order valence-electron chi connectivity index (χ2n) is 6.20. The van der Waals surface area contributed by atoms with E-state index in [1.165, 1.54) is 7.11 Å². The minimum Gasteiger partial charge on any atom is -0.497 e. The topological polar surface area (TPSA) is 84.9 Å². The number of ether oxygens (including phenoxy) is 2. The van der Waals surface area contributed by atoms with Crippen LogP contribution in [-0.4, -0.2) is 37.3 Å². The highest BCUT2D eigenvalue weighted by molar-refractivity contribution is 5.97. The van der Waals surface area contributed by atoms with Gasteiger partial charge in [0.15, 0.2) is 6.04 Å². The fourth-order valence-electron chi connectivity index (χ4n) is 3.03. The summed E-state index contributed by atoms with van der Waals surface area (Å²) in [5.41, 5.74) is 1.95. The Bertz CT molecular complexity index is 781. The van der Waals surface area contributed by atoms with Crippen LogP contribution in [0, 0.1) is 0 Å². The highest BCUT2D eigenvalue weighted by Gasteiger charge is 2.24. The lowest BCUT2D eigenvalue weighted by atomic mass is 9.96. The maximum absolute atomic E-state index is 12.6. The standard InChI is InChI=1S/C20H21NO5/c1-25-17-7-5-13(6-8-17)18(20(23)24)21-19(22)15-4-2-3-14(11-15)16-9-10-26-12-16/h2-8,11,16,18H,9-10,12H2,1H3,(H,21,22)(H,23,24). The summed E-state index contributed by atoms with van der Waals surface area (Å²) in [6.45, 7) is 1.37. The lowest BCUT2D eigenvalue weighted by Gasteiger charge is -2.16. The summed E-state index contributed by atoms with van der Waals surface area (Å²) in [4.78, 5) is 24.2. The van der Waals surface area contributed by atoms with Crippen molar-refractivity contribution in [1.29, 1.82) is 0 Å². The minimum atomic E-state index is -1.13. The van der Waals surface area contributed by atoms with E-state index >= 15 is 0 Å². The molecule has 0 bridgehead atoms. The van der Waals surface area contributed by atoms with E-state index in [0.29, 0.717) is 23.5 Å². The molecule has 1 fully saturated rings. The third kappa shape index (κ3) is 4.03. The quantitative estimate of drug-likeness (QED) is 0.832. The van der Waals surface area contributed by atoms with Crippen molar-refractivity contribution in [3.05, 3.63) is 65.2 Å². The van der Waals surface area contributed by atoms with Crippen LogP contribution in [0.15, 0.2) is 48.5 Å².